The highest BCUT2D eigenvalue weighted by Gasteiger charge is 2.28. The predicted molar refractivity (Wildman–Crippen MR) is 74.0 cm³/mol. The van der Waals surface area contributed by atoms with E-state index < -0.39 is 21.8 Å². The molecular formula is C10H12BrNO5S2. The van der Waals surface area contributed by atoms with Crippen molar-refractivity contribution in [2.24, 2.45) is 0 Å². The summed E-state index contributed by atoms with van der Waals surface area (Å²) in [6.45, 7) is 0. The maximum Gasteiger partial charge on any atom is 0.371 e. The van der Waals surface area contributed by atoms with Crippen LogP contribution in [0.25, 0.3) is 0 Å². The number of carboxylic acids is 1. The van der Waals surface area contributed by atoms with Crippen molar-refractivity contribution < 1.29 is 22.7 Å². The van der Waals surface area contributed by atoms with Crippen molar-refractivity contribution in [2.45, 2.75) is 23.8 Å². The standard InChI is InChI=1S/C10H12BrNO5S2/c11-9-8(5-7(17-9)10(13)14)19(15,16)12-6-1-3-18-4-2-6/h5-6,12H,1-4H2,(H,13,14). The van der Waals surface area contributed by atoms with E-state index in [4.69, 9.17) is 9.52 Å². The van der Waals surface area contributed by atoms with Crippen molar-refractivity contribution in [2.75, 3.05) is 11.5 Å². The average molecular weight is 370 g/mol. The van der Waals surface area contributed by atoms with Gasteiger partial charge in [-0.1, -0.05) is 0 Å². The van der Waals surface area contributed by atoms with E-state index in [1.807, 2.05) is 0 Å². The number of hydrogen-bond donors (Lipinski definition) is 2. The summed E-state index contributed by atoms with van der Waals surface area (Å²) < 4.78 is 31.6. The number of rotatable bonds is 4. The molecule has 0 aliphatic carbocycles. The van der Waals surface area contributed by atoms with Gasteiger partial charge in [-0.3, -0.25) is 0 Å². The molecule has 2 heterocycles. The number of hydrogen-bond acceptors (Lipinski definition) is 5. The maximum absolute atomic E-state index is 12.2. The van der Waals surface area contributed by atoms with Gasteiger partial charge in [0, 0.05) is 12.1 Å². The van der Waals surface area contributed by atoms with Crippen LogP contribution in [0.15, 0.2) is 20.0 Å². The second-order valence-electron chi connectivity index (χ2n) is 4.06. The Hall–Kier alpha value is -0.510. The molecule has 0 amide bonds. The first-order chi connectivity index (χ1) is 8.90. The molecule has 0 bridgehead atoms. The zero-order chi connectivity index (χ0) is 14.0. The summed E-state index contributed by atoms with van der Waals surface area (Å²) in [5, 5.41) is 8.78. The number of furan rings is 1. The van der Waals surface area contributed by atoms with Crippen molar-refractivity contribution in [1.82, 2.24) is 4.72 Å². The zero-order valence-corrected chi connectivity index (χ0v) is 13.0. The van der Waals surface area contributed by atoms with Crippen LogP contribution in [-0.4, -0.2) is 37.0 Å². The summed E-state index contributed by atoms with van der Waals surface area (Å²) in [4.78, 5) is 10.6. The first-order valence-corrected chi connectivity index (χ1v) is 8.96. The third-order valence-electron chi connectivity index (χ3n) is 2.70. The van der Waals surface area contributed by atoms with Gasteiger partial charge >= 0.3 is 5.97 Å². The fourth-order valence-corrected chi connectivity index (χ4v) is 5.09. The number of halogens is 1. The molecular weight excluding hydrogens is 358 g/mol. The highest BCUT2D eigenvalue weighted by molar-refractivity contribution is 9.10. The Labute approximate surface area is 123 Å². The lowest BCUT2D eigenvalue weighted by molar-refractivity contribution is 0.0661. The molecule has 2 rings (SSSR count). The molecule has 0 aromatic carbocycles. The number of carbonyl (C=O) groups is 1. The summed E-state index contributed by atoms with van der Waals surface area (Å²) in [7, 11) is -3.77. The van der Waals surface area contributed by atoms with Crippen molar-refractivity contribution in [3.05, 3.63) is 16.5 Å². The predicted octanol–water partition coefficient (Wildman–Crippen LogP) is 1.91. The Morgan fingerprint density at radius 2 is 2.11 bits per heavy atom. The summed E-state index contributed by atoms with van der Waals surface area (Å²) in [5.74, 6) is 0.114. The van der Waals surface area contributed by atoms with E-state index in [2.05, 4.69) is 20.7 Å². The maximum atomic E-state index is 12.2. The number of aromatic carboxylic acids is 1. The van der Waals surface area contributed by atoms with Crippen molar-refractivity contribution in [3.8, 4) is 0 Å². The molecule has 1 fully saturated rings. The van der Waals surface area contributed by atoms with E-state index in [1.165, 1.54) is 0 Å². The van der Waals surface area contributed by atoms with Gasteiger partial charge in [-0.2, -0.15) is 11.8 Å². The molecule has 0 radical (unpaired) electrons. The molecule has 2 N–H and O–H groups in total. The normalized spacial score (nSPS) is 17.5. The number of nitrogens with one attached hydrogen (secondary N) is 1. The van der Waals surface area contributed by atoms with Gasteiger partial charge in [-0.15, -0.1) is 0 Å². The van der Waals surface area contributed by atoms with Crippen LogP contribution in [0.1, 0.15) is 23.4 Å². The fourth-order valence-electron chi connectivity index (χ4n) is 1.74. The Balaban J connectivity index is 2.21. The van der Waals surface area contributed by atoms with E-state index in [1.54, 1.807) is 11.8 Å². The lowest BCUT2D eigenvalue weighted by Crippen LogP contribution is -2.37. The molecule has 19 heavy (non-hydrogen) atoms. The van der Waals surface area contributed by atoms with Gasteiger partial charge < -0.3 is 9.52 Å². The second kappa shape index (κ2) is 5.86. The molecule has 6 nitrogen and oxygen atoms in total. The molecule has 1 aliphatic heterocycles. The lowest BCUT2D eigenvalue weighted by Gasteiger charge is -2.21. The molecule has 0 unspecified atom stereocenters. The molecule has 1 saturated heterocycles. The van der Waals surface area contributed by atoms with Crippen LogP contribution in [0.5, 0.6) is 0 Å². The molecule has 0 atom stereocenters. The van der Waals surface area contributed by atoms with Crippen LogP contribution >= 0.6 is 27.7 Å². The molecule has 0 saturated carbocycles. The minimum atomic E-state index is -3.77. The lowest BCUT2D eigenvalue weighted by atomic mass is 10.2. The molecule has 1 aromatic rings. The van der Waals surface area contributed by atoms with Crippen molar-refractivity contribution >= 4 is 43.7 Å². The highest BCUT2D eigenvalue weighted by atomic mass is 79.9. The smallest absolute Gasteiger partial charge is 0.371 e. The summed E-state index contributed by atoms with van der Waals surface area (Å²) >= 11 is 4.72. The second-order valence-corrected chi connectivity index (χ2v) is 7.69. The molecule has 0 spiro atoms. The van der Waals surface area contributed by atoms with Gasteiger partial charge in [-0.05, 0) is 40.3 Å². The van der Waals surface area contributed by atoms with Gasteiger partial charge in [-0.25, -0.2) is 17.9 Å². The zero-order valence-electron chi connectivity index (χ0n) is 9.76. The van der Waals surface area contributed by atoms with Gasteiger partial charge in [0.25, 0.3) is 0 Å². The molecule has 106 valence electrons. The van der Waals surface area contributed by atoms with Crippen LogP contribution in [0, 0.1) is 0 Å². The molecule has 9 heteroatoms. The number of thioether (sulfide) groups is 1. The molecule has 1 aromatic heterocycles. The van der Waals surface area contributed by atoms with E-state index in [0.29, 0.717) is 0 Å². The quantitative estimate of drug-likeness (QED) is 0.841. The molecule has 1 aliphatic rings. The van der Waals surface area contributed by atoms with E-state index in [0.717, 1.165) is 30.4 Å². The first kappa shape index (κ1) is 14.9. The van der Waals surface area contributed by atoms with Gasteiger partial charge in [0.15, 0.2) is 4.67 Å². The highest BCUT2D eigenvalue weighted by Crippen LogP contribution is 2.27. The average Bonchev–Trinajstić information content (AvgIpc) is 2.73. The largest absolute Gasteiger partial charge is 0.475 e. The van der Waals surface area contributed by atoms with E-state index >= 15 is 0 Å². The van der Waals surface area contributed by atoms with Crippen LogP contribution in [0.3, 0.4) is 0 Å². The minimum absolute atomic E-state index is 0.0948. The van der Waals surface area contributed by atoms with Gasteiger partial charge in [0.05, 0.1) is 0 Å². The Morgan fingerprint density at radius 1 is 1.47 bits per heavy atom. The fraction of sp³-hybridized carbons (Fsp3) is 0.500. The van der Waals surface area contributed by atoms with Crippen LogP contribution in [-0.2, 0) is 10.0 Å². The third-order valence-corrected chi connectivity index (χ3v) is 6.13. The van der Waals surface area contributed by atoms with Crippen LogP contribution in [0.4, 0.5) is 0 Å². The summed E-state index contributed by atoms with van der Waals surface area (Å²) in [6, 6.07) is 0.896. The number of carboxylic acid groups (broad SMARTS) is 1. The van der Waals surface area contributed by atoms with Crippen molar-refractivity contribution in [1.29, 1.82) is 0 Å². The summed E-state index contributed by atoms with van der Waals surface area (Å²) in [5.41, 5.74) is 0. The number of sulfonamides is 1. The Kier molecular flexibility index (Phi) is 4.59. The van der Waals surface area contributed by atoms with Gasteiger partial charge in [0.2, 0.25) is 15.8 Å². The summed E-state index contributed by atoms with van der Waals surface area (Å²) in [6.07, 6.45) is 1.54. The van der Waals surface area contributed by atoms with E-state index in [-0.39, 0.29) is 15.6 Å². The minimum Gasteiger partial charge on any atom is -0.475 e. The SMILES string of the molecule is O=C(O)c1cc(S(=O)(=O)NC2CCSCC2)c(Br)o1. The van der Waals surface area contributed by atoms with Crippen molar-refractivity contribution in [3.63, 3.8) is 0 Å². The van der Waals surface area contributed by atoms with Gasteiger partial charge in [0.1, 0.15) is 4.90 Å². The third kappa shape index (κ3) is 3.53. The van der Waals surface area contributed by atoms with E-state index in [9.17, 15) is 13.2 Å². The Bertz CT molecular complexity index is 577. The monoisotopic (exact) mass is 369 g/mol. The van der Waals surface area contributed by atoms with Crippen LogP contribution in [0.2, 0.25) is 0 Å². The first-order valence-electron chi connectivity index (χ1n) is 5.53. The Morgan fingerprint density at radius 3 is 2.63 bits per heavy atom. The topological polar surface area (TPSA) is 96.6 Å². The van der Waals surface area contributed by atoms with Crippen LogP contribution < -0.4 is 4.72 Å².